The Labute approximate surface area is 94.3 Å². The molecule has 1 aromatic rings. The van der Waals surface area contributed by atoms with E-state index in [0.717, 1.165) is 25.9 Å². The lowest BCUT2D eigenvalue weighted by atomic mass is 10.1. The minimum Gasteiger partial charge on any atom is -0.368 e. The Kier molecular flexibility index (Phi) is 2.65. The summed E-state index contributed by atoms with van der Waals surface area (Å²) in [6, 6.07) is -0.0545. The first-order chi connectivity index (χ1) is 7.84. The Hall–Kier alpha value is -0.940. The summed E-state index contributed by atoms with van der Waals surface area (Å²) in [5.41, 5.74) is 6.02. The largest absolute Gasteiger partial charge is 0.368 e. The monoisotopic (exact) mass is 223 g/mol. The molecule has 2 unspecified atom stereocenters. The number of hydrogen-bond acceptors (Lipinski definition) is 5. The van der Waals surface area contributed by atoms with Crippen LogP contribution in [0.4, 0.5) is 0 Å². The molecule has 2 fully saturated rings. The highest BCUT2D eigenvalue weighted by Gasteiger charge is 2.33. The molecule has 3 rings (SSSR count). The highest BCUT2D eigenvalue weighted by Crippen LogP contribution is 2.38. The third-order valence-electron chi connectivity index (χ3n) is 3.34. The Morgan fingerprint density at radius 3 is 2.81 bits per heavy atom. The summed E-state index contributed by atoms with van der Waals surface area (Å²) in [7, 11) is 0. The maximum atomic E-state index is 6.02. The lowest BCUT2D eigenvalue weighted by Crippen LogP contribution is -2.15. The highest BCUT2D eigenvalue weighted by molar-refractivity contribution is 5.01. The fourth-order valence-corrected chi connectivity index (χ4v) is 2.12. The average molecular weight is 223 g/mol. The Morgan fingerprint density at radius 2 is 2.12 bits per heavy atom. The van der Waals surface area contributed by atoms with E-state index in [1.165, 1.54) is 12.8 Å². The molecule has 1 saturated carbocycles. The molecule has 5 nitrogen and oxygen atoms in total. The van der Waals surface area contributed by atoms with Gasteiger partial charge in [-0.25, -0.2) is 0 Å². The zero-order valence-electron chi connectivity index (χ0n) is 9.26. The van der Waals surface area contributed by atoms with Crippen LogP contribution in [0, 0.1) is 5.92 Å². The number of nitrogens with two attached hydrogens (primary N) is 1. The predicted molar refractivity (Wildman–Crippen MR) is 56.5 cm³/mol. The van der Waals surface area contributed by atoms with Gasteiger partial charge in [0.25, 0.3) is 5.89 Å². The molecule has 0 bridgehead atoms. The van der Waals surface area contributed by atoms with Gasteiger partial charge in [-0.05, 0) is 38.0 Å². The molecule has 0 aromatic carbocycles. The Balaban J connectivity index is 1.70. The van der Waals surface area contributed by atoms with Gasteiger partial charge in [-0.2, -0.15) is 4.98 Å². The van der Waals surface area contributed by atoms with Crippen LogP contribution in [0.25, 0.3) is 0 Å². The van der Waals surface area contributed by atoms with E-state index in [-0.39, 0.29) is 12.1 Å². The second kappa shape index (κ2) is 4.14. The SMILES string of the molecule is NC(c1noc(C2CCCCO2)n1)C1CC1. The van der Waals surface area contributed by atoms with E-state index in [1.54, 1.807) is 0 Å². The van der Waals surface area contributed by atoms with Crippen molar-refractivity contribution in [2.24, 2.45) is 11.7 Å². The normalized spacial score (nSPS) is 27.9. The molecule has 1 aromatic heterocycles. The fraction of sp³-hybridized carbons (Fsp3) is 0.818. The van der Waals surface area contributed by atoms with Crippen molar-refractivity contribution in [1.82, 2.24) is 10.1 Å². The first kappa shape index (κ1) is 10.2. The smallest absolute Gasteiger partial charge is 0.255 e. The molecule has 16 heavy (non-hydrogen) atoms. The second-order valence-corrected chi connectivity index (χ2v) is 4.71. The van der Waals surface area contributed by atoms with Crippen molar-refractivity contribution >= 4 is 0 Å². The van der Waals surface area contributed by atoms with Gasteiger partial charge >= 0.3 is 0 Å². The molecule has 2 N–H and O–H groups in total. The molecule has 0 amide bonds. The summed E-state index contributed by atoms with van der Waals surface area (Å²) in [5, 5.41) is 3.96. The topological polar surface area (TPSA) is 74.2 Å². The van der Waals surface area contributed by atoms with Gasteiger partial charge in [0.05, 0.1) is 6.04 Å². The van der Waals surface area contributed by atoms with Crippen molar-refractivity contribution in [2.75, 3.05) is 6.61 Å². The van der Waals surface area contributed by atoms with Crippen LogP contribution in [0.1, 0.15) is 56.0 Å². The van der Waals surface area contributed by atoms with Crippen molar-refractivity contribution in [2.45, 2.75) is 44.2 Å². The maximum absolute atomic E-state index is 6.02. The van der Waals surface area contributed by atoms with Crippen molar-refractivity contribution in [1.29, 1.82) is 0 Å². The number of nitrogens with zero attached hydrogens (tertiary/aromatic N) is 2. The lowest BCUT2D eigenvalue weighted by molar-refractivity contribution is -0.00459. The van der Waals surface area contributed by atoms with Crippen LogP contribution < -0.4 is 5.73 Å². The van der Waals surface area contributed by atoms with Gasteiger partial charge in [0.2, 0.25) is 0 Å². The van der Waals surface area contributed by atoms with Crippen LogP contribution in [0.5, 0.6) is 0 Å². The lowest BCUT2D eigenvalue weighted by Gasteiger charge is -2.18. The van der Waals surface area contributed by atoms with E-state index in [2.05, 4.69) is 10.1 Å². The van der Waals surface area contributed by atoms with Crippen LogP contribution in [0.15, 0.2) is 4.52 Å². The molecule has 0 radical (unpaired) electrons. The summed E-state index contributed by atoms with van der Waals surface area (Å²) in [6.07, 6.45) is 5.62. The van der Waals surface area contributed by atoms with Crippen molar-refractivity contribution < 1.29 is 9.26 Å². The second-order valence-electron chi connectivity index (χ2n) is 4.71. The van der Waals surface area contributed by atoms with Gasteiger partial charge in [0.1, 0.15) is 6.10 Å². The van der Waals surface area contributed by atoms with Gasteiger partial charge < -0.3 is 15.0 Å². The van der Waals surface area contributed by atoms with Crippen molar-refractivity contribution in [3.05, 3.63) is 11.7 Å². The zero-order chi connectivity index (χ0) is 11.0. The molecular weight excluding hydrogens is 206 g/mol. The molecule has 1 aliphatic carbocycles. The molecule has 5 heteroatoms. The van der Waals surface area contributed by atoms with Gasteiger partial charge in [-0.3, -0.25) is 0 Å². The van der Waals surface area contributed by atoms with E-state index in [1.807, 2.05) is 0 Å². The van der Waals surface area contributed by atoms with E-state index in [0.29, 0.717) is 17.6 Å². The van der Waals surface area contributed by atoms with E-state index in [9.17, 15) is 0 Å². The van der Waals surface area contributed by atoms with E-state index in [4.69, 9.17) is 15.0 Å². The van der Waals surface area contributed by atoms with Gasteiger partial charge in [0.15, 0.2) is 5.82 Å². The summed E-state index contributed by atoms with van der Waals surface area (Å²) in [4.78, 5) is 4.37. The molecule has 2 heterocycles. The first-order valence-corrected chi connectivity index (χ1v) is 6.05. The standard InChI is InChI=1S/C11H17N3O2/c12-9(7-4-5-7)10-13-11(16-14-10)8-3-1-2-6-15-8/h7-9H,1-6,12H2. The van der Waals surface area contributed by atoms with Gasteiger partial charge in [-0.15, -0.1) is 0 Å². The molecule has 2 aliphatic rings. The summed E-state index contributed by atoms with van der Waals surface area (Å²) < 4.78 is 10.8. The zero-order valence-corrected chi connectivity index (χ0v) is 9.26. The summed E-state index contributed by atoms with van der Waals surface area (Å²) >= 11 is 0. The Morgan fingerprint density at radius 1 is 1.25 bits per heavy atom. The average Bonchev–Trinajstić information content (AvgIpc) is 3.07. The van der Waals surface area contributed by atoms with Crippen molar-refractivity contribution in [3.63, 3.8) is 0 Å². The molecular formula is C11H17N3O2. The molecule has 88 valence electrons. The quantitative estimate of drug-likeness (QED) is 0.844. The van der Waals surface area contributed by atoms with Crippen LogP contribution in [0.2, 0.25) is 0 Å². The predicted octanol–water partition coefficient (Wildman–Crippen LogP) is 1.72. The van der Waals surface area contributed by atoms with Crippen molar-refractivity contribution in [3.8, 4) is 0 Å². The van der Waals surface area contributed by atoms with E-state index >= 15 is 0 Å². The maximum Gasteiger partial charge on any atom is 0.255 e. The fourth-order valence-electron chi connectivity index (χ4n) is 2.12. The molecule has 0 spiro atoms. The highest BCUT2D eigenvalue weighted by atomic mass is 16.5. The number of hydrogen-bond donors (Lipinski definition) is 1. The van der Waals surface area contributed by atoms with Crippen LogP contribution in [0.3, 0.4) is 0 Å². The third-order valence-corrected chi connectivity index (χ3v) is 3.34. The molecule has 1 saturated heterocycles. The number of rotatable bonds is 3. The van der Waals surface area contributed by atoms with Crippen LogP contribution in [-0.4, -0.2) is 16.7 Å². The van der Waals surface area contributed by atoms with Crippen LogP contribution >= 0.6 is 0 Å². The number of ether oxygens (including phenoxy) is 1. The van der Waals surface area contributed by atoms with Gasteiger partial charge in [-0.1, -0.05) is 5.16 Å². The first-order valence-electron chi connectivity index (χ1n) is 6.05. The van der Waals surface area contributed by atoms with Gasteiger partial charge in [0, 0.05) is 6.61 Å². The minimum atomic E-state index is -0.0545. The van der Waals surface area contributed by atoms with Crippen LogP contribution in [-0.2, 0) is 4.74 Å². The molecule has 1 aliphatic heterocycles. The third kappa shape index (κ3) is 1.97. The number of aromatic nitrogens is 2. The minimum absolute atomic E-state index is 0.0126. The summed E-state index contributed by atoms with van der Waals surface area (Å²) in [6.45, 7) is 0.789. The molecule has 2 atom stereocenters. The summed E-state index contributed by atoms with van der Waals surface area (Å²) in [5.74, 6) is 1.80. The Bertz CT molecular complexity index is 356. The van der Waals surface area contributed by atoms with E-state index < -0.39 is 0 Å².